The Morgan fingerprint density at radius 1 is 0.857 bits per heavy atom. The summed E-state index contributed by atoms with van der Waals surface area (Å²) in [5, 5.41) is 3.76. The van der Waals surface area contributed by atoms with Gasteiger partial charge in [0.15, 0.2) is 6.61 Å². The summed E-state index contributed by atoms with van der Waals surface area (Å²) >= 11 is 0. The Bertz CT molecular complexity index is 538. The van der Waals surface area contributed by atoms with Crippen LogP contribution in [-0.2, 0) is 4.84 Å². The van der Waals surface area contributed by atoms with E-state index in [9.17, 15) is 0 Å². The lowest BCUT2D eigenvalue weighted by atomic mass is 10.3. The van der Waals surface area contributed by atoms with Crippen LogP contribution in [0.4, 0.5) is 0 Å². The molecular weight excluding hydrogens is 266 g/mol. The summed E-state index contributed by atoms with van der Waals surface area (Å²) in [4.78, 5) is 5.02. The first-order valence-corrected chi connectivity index (χ1v) is 6.98. The molecule has 0 bridgehead atoms. The van der Waals surface area contributed by atoms with E-state index in [2.05, 4.69) is 5.16 Å². The SMILES string of the molecule is CC/C=N/OCCOc1ccc(Oc2ccccc2)cc1. The van der Waals surface area contributed by atoms with Crippen LogP contribution in [0.25, 0.3) is 0 Å². The Hall–Kier alpha value is -2.49. The lowest BCUT2D eigenvalue weighted by molar-refractivity contribution is 0.108. The predicted octanol–water partition coefficient (Wildman–Crippen LogP) is 4.27. The van der Waals surface area contributed by atoms with Crippen LogP contribution in [0.3, 0.4) is 0 Å². The first kappa shape index (κ1) is 14.9. The highest BCUT2D eigenvalue weighted by molar-refractivity contribution is 5.55. The van der Waals surface area contributed by atoms with Crippen molar-refractivity contribution in [3.8, 4) is 17.2 Å². The van der Waals surface area contributed by atoms with Gasteiger partial charge in [-0.2, -0.15) is 0 Å². The smallest absolute Gasteiger partial charge is 0.151 e. The van der Waals surface area contributed by atoms with Crippen LogP contribution in [-0.4, -0.2) is 19.4 Å². The largest absolute Gasteiger partial charge is 0.490 e. The van der Waals surface area contributed by atoms with Gasteiger partial charge in [-0.3, -0.25) is 0 Å². The first-order valence-electron chi connectivity index (χ1n) is 6.98. The van der Waals surface area contributed by atoms with Crippen molar-refractivity contribution in [2.75, 3.05) is 13.2 Å². The second-order valence-electron chi connectivity index (χ2n) is 4.26. The molecule has 21 heavy (non-hydrogen) atoms. The number of benzene rings is 2. The topological polar surface area (TPSA) is 40.0 Å². The molecule has 0 aliphatic heterocycles. The summed E-state index contributed by atoms with van der Waals surface area (Å²) in [6, 6.07) is 17.1. The fourth-order valence-corrected chi connectivity index (χ4v) is 1.61. The third-order valence-electron chi connectivity index (χ3n) is 2.58. The fourth-order valence-electron chi connectivity index (χ4n) is 1.61. The predicted molar refractivity (Wildman–Crippen MR) is 83.2 cm³/mol. The van der Waals surface area contributed by atoms with Crippen LogP contribution < -0.4 is 9.47 Å². The first-order chi connectivity index (χ1) is 10.4. The maximum Gasteiger partial charge on any atom is 0.151 e. The van der Waals surface area contributed by atoms with Crippen LogP contribution in [0.5, 0.6) is 17.2 Å². The molecule has 2 aromatic carbocycles. The van der Waals surface area contributed by atoms with Gasteiger partial charge < -0.3 is 14.3 Å². The third-order valence-corrected chi connectivity index (χ3v) is 2.58. The van der Waals surface area contributed by atoms with Crippen molar-refractivity contribution in [2.24, 2.45) is 5.16 Å². The molecule has 0 heterocycles. The molecule has 0 atom stereocenters. The third kappa shape index (κ3) is 5.57. The van der Waals surface area contributed by atoms with E-state index in [1.54, 1.807) is 6.21 Å². The van der Waals surface area contributed by atoms with Crippen molar-refractivity contribution >= 4 is 6.21 Å². The molecule has 0 spiro atoms. The molecule has 0 fully saturated rings. The van der Waals surface area contributed by atoms with Gasteiger partial charge >= 0.3 is 0 Å². The zero-order valence-electron chi connectivity index (χ0n) is 12.1. The summed E-state index contributed by atoms with van der Waals surface area (Å²) in [7, 11) is 0. The van der Waals surface area contributed by atoms with Crippen LogP contribution in [0.1, 0.15) is 13.3 Å². The molecule has 0 aliphatic rings. The molecular formula is C17H19NO3. The molecule has 110 valence electrons. The van der Waals surface area contributed by atoms with Gasteiger partial charge in [-0.1, -0.05) is 30.3 Å². The number of ether oxygens (including phenoxy) is 2. The average Bonchev–Trinajstić information content (AvgIpc) is 2.53. The molecule has 0 aromatic heterocycles. The Kier molecular flexibility index (Phi) is 6.13. The maximum atomic E-state index is 5.70. The van der Waals surface area contributed by atoms with Crippen LogP contribution in [0.15, 0.2) is 59.8 Å². The lowest BCUT2D eigenvalue weighted by Crippen LogP contribution is -2.04. The summed E-state index contributed by atoms with van der Waals surface area (Å²) in [5.74, 6) is 2.36. The number of nitrogens with zero attached hydrogens (tertiary/aromatic N) is 1. The summed E-state index contributed by atoms with van der Waals surface area (Å²) in [6.45, 7) is 2.89. The van der Waals surface area contributed by atoms with Crippen LogP contribution in [0.2, 0.25) is 0 Å². The number of rotatable bonds is 8. The van der Waals surface area contributed by atoms with Crippen molar-refractivity contribution < 1.29 is 14.3 Å². The van der Waals surface area contributed by atoms with Crippen molar-refractivity contribution in [2.45, 2.75) is 13.3 Å². The van der Waals surface area contributed by atoms with Gasteiger partial charge in [-0.25, -0.2) is 0 Å². The zero-order valence-corrected chi connectivity index (χ0v) is 12.1. The van der Waals surface area contributed by atoms with E-state index >= 15 is 0 Å². The van der Waals surface area contributed by atoms with E-state index in [4.69, 9.17) is 14.3 Å². The summed E-state index contributed by atoms with van der Waals surface area (Å²) in [5.41, 5.74) is 0. The molecule has 0 unspecified atom stereocenters. The normalized spacial score (nSPS) is 10.5. The Labute approximate surface area is 125 Å². The molecule has 0 aliphatic carbocycles. The Morgan fingerprint density at radius 3 is 2.24 bits per heavy atom. The van der Waals surface area contributed by atoms with Crippen molar-refractivity contribution in [1.82, 2.24) is 0 Å². The van der Waals surface area contributed by atoms with E-state index in [-0.39, 0.29) is 0 Å². The van der Waals surface area contributed by atoms with E-state index in [0.717, 1.165) is 23.7 Å². The second kappa shape index (κ2) is 8.64. The molecule has 0 N–H and O–H groups in total. The Balaban J connectivity index is 1.75. The van der Waals surface area contributed by atoms with Gasteiger partial charge in [0, 0.05) is 6.21 Å². The van der Waals surface area contributed by atoms with E-state index < -0.39 is 0 Å². The van der Waals surface area contributed by atoms with E-state index in [1.807, 2.05) is 61.5 Å². The van der Waals surface area contributed by atoms with Gasteiger partial charge in [-0.15, -0.1) is 0 Å². The number of hydrogen-bond donors (Lipinski definition) is 0. The average molecular weight is 285 g/mol. The minimum Gasteiger partial charge on any atom is -0.490 e. The summed E-state index contributed by atoms with van der Waals surface area (Å²) < 4.78 is 11.2. The Morgan fingerprint density at radius 2 is 1.52 bits per heavy atom. The summed E-state index contributed by atoms with van der Waals surface area (Å²) in [6.07, 6.45) is 2.58. The molecule has 0 saturated heterocycles. The van der Waals surface area contributed by atoms with Gasteiger partial charge in [0.05, 0.1) is 0 Å². The van der Waals surface area contributed by atoms with Crippen molar-refractivity contribution in [3.63, 3.8) is 0 Å². The molecule has 4 nitrogen and oxygen atoms in total. The molecule has 2 rings (SSSR count). The highest BCUT2D eigenvalue weighted by Crippen LogP contribution is 2.23. The molecule has 0 saturated carbocycles. The molecule has 2 aromatic rings. The number of para-hydroxylation sites is 1. The van der Waals surface area contributed by atoms with E-state index in [0.29, 0.717) is 13.2 Å². The van der Waals surface area contributed by atoms with E-state index in [1.165, 1.54) is 0 Å². The fraction of sp³-hybridized carbons (Fsp3) is 0.235. The molecule has 0 radical (unpaired) electrons. The van der Waals surface area contributed by atoms with Gasteiger partial charge in [0.25, 0.3) is 0 Å². The molecule has 0 amide bonds. The molecule has 4 heteroatoms. The standard InChI is InChI=1S/C17H19NO3/c1-2-12-18-20-14-13-19-15-8-10-17(11-9-15)21-16-6-4-3-5-7-16/h3-12H,2,13-14H2,1H3/b18-12+. The monoisotopic (exact) mass is 285 g/mol. The van der Waals surface area contributed by atoms with Crippen molar-refractivity contribution in [3.05, 3.63) is 54.6 Å². The second-order valence-corrected chi connectivity index (χ2v) is 4.26. The number of hydrogen-bond acceptors (Lipinski definition) is 4. The van der Waals surface area contributed by atoms with Crippen LogP contribution >= 0.6 is 0 Å². The lowest BCUT2D eigenvalue weighted by Gasteiger charge is -2.08. The van der Waals surface area contributed by atoms with Crippen molar-refractivity contribution in [1.29, 1.82) is 0 Å². The van der Waals surface area contributed by atoms with Gasteiger partial charge in [-0.05, 0) is 42.8 Å². The minimum atomic E-state index is 0.429. The van der Waals surface area contributed by atoms with Gasteiger partial charge in [0.1, 0.15) is 23.9 Å². The van der Waals surface area contributed by atoms with Crippen LogP contribution in [0, 0.1) is 0 Å². The van der Waals surface area contributed by atoms with Gasteiger partial charge in [0.2, 0.25) is 0 Å². The zero-order chi connectivity index (χ0) is 14.8. The minimum absolute atomic E-state index is 0.429. The highest BCUT2D eigenvalue weighted by Gasteiger charge is 1.98. The number of oxime groups is 1. The maximum absolute atomic E-state index is 5.70. The highest BCUT2D eigenvalue weighted by atomic mass is 16.6. The quantitative estimate of drug-likeness (QED) is 0.413.